The highest BCUT2D eigenvalue weighted by atomic mass is 32.2. The molecule has 4 rings (SSSR count). The minimum absolute atomic E-state index is 0.176. The molecule has 0 radical (unpaired) electrons. The van der Waals surface area contributed by atoms with Crippen LogP contribution >= 0.6 is 11.8 Å². The first kappa shape index (κ1) is 20.5. The zero-order valence-corrected chi connectivity index (χ0v) is 17.5. The maximum absolute atomic E-state index is 12.9. The van der Waals surface area contributed by atoms with Crippen molar-refractivity contribution in [3.05, 3.63) is 84.3 Å². The second kappa shape index (κ2) is 9.36. The van der Waals surface area contributed by atoms with Crippen LogP contribution in [-0.2, 0) is 10.5 Å². The SMILES string of the molecule is CC(=O)Nc1cc(CSc2ncccc2C(=O)Nc2ccc3ncccc3c2)ccn1. The van der Waals surface area contributed by atoms with Crippen molar-refractivity contribution in [2.45, 2.75) is 17.7 Å². The highest BCUT2D eigenvalue weighted by molar-refractivity contribution is 7.98. The number of nitrogens with one attached hydrogen (secondary N) is 2. The molecule has 3 aromatic heterocycles. The quantitative estimate of drug-likeness (QED) is 0.437. The Labute approximate surface area is 183 Å². The molecule has 3 heterocycles. The van der Waals surface area contributed by atoms with Crippen molar-refractivity contribution in [2.24, 2.45) is 0 Å². The average Bonchev–Trinajstić information content (AvgIpc) is 2.77. The molecule has 2 amide bonds. The summed E-state index contributed by atoms with van der Waals surface area (Å²) in [5.41, 5.74) is 3.02. The Kier molecular flexibility index (Phi) is 6.18. The number of thioether (sulfide) groups is 1. The molecule has 31 heavy (non-hydrogen) atoms. The predicted molar refractivity (Wildman–Crippen MR) is 122 cm³/mol. The normalized spacial score (nSPS) is 10.6. The topological polar surface area (TPSA) is 96.9 Å². The van der Waals surface area contributed by atoms with Gasteiger partial charge in [0.25, 0.3) is 5.91 Å². The van der Waals surface area contributed by atoms with Crippen LogP contribution in [0.5, 0.6) is 0 Å². The van der Waals surface area contributed by atoms with Gasteiger partial charge in [0, 0.05) is 42.3 Å². The molecule has 0 spiro atoms. The molecule has 154 valence electrons. The number of anilines is 2. The van der Waals surface area contributed by atoms with Gasteiger partial charge in [0.05, 0.1) is 11.1 Å². The first-order valence-electron chi connectivity index (χ1n) is 9.55. The van der Waals surface area contributed by atoms with Crippen molar-refractivity contribution in [3.63, 3.8) is 0 Å². The van der Waals surface area contributed by atoms with E-state index in [0.717, 1.165) is 16.5 Å². The number of carbonyl (C=O) groups is 2. The maximum Gasteiger partial charge on any atom is 0.258 e. The van der Waals surface area contributed by atoms with Crippen LogP contribution in [0.15, 0.2) is 78.2 Å². The van der Waals surface area contributed by atoms with Gasteiger partial charge in [-0.2, -0.15) is 0 Å². The predicted octanol–water partition coefficient (Wildman–Crippen LogP) is 4.53. The van der Waals surface area contributed by atoms with Gasteiger partial charge < -0.3 is 10.6 Å². The fourth-order valence-corrected chi connectivity index (χ4v) is 3.93. The number of carbonyl (C=O) groups excluding carboxylic acids is 2. The Bertz CT molecular complexity index is 1260. The Hall–Kier alpha value is -3.78. The lowest BCUT2D eigenvalue weighted by molar-refractivity contribution is -0.114. The van der Waals surface area contributed by atoms with Crippen LogP contribution in [0.3, 0.4) is 0 Å². The van der Waals surface area contributed by atoms with Gasteiger partial charge in [0.15, 0.2) is 0 Å². The third kappa shape index (κ3) is 5.23. The van der Waals surface area contributed by atoms with E-state index in [2.05, 4.69) is 25.6 Å². The molecule has 0 aliphatic carbocycles. The van der Waals surface area contributed by atoms with Crippen LogP contribution in [0.1, 0.15) is 22.8 Å². The summed E-state index contributed by atoms with van der Waals surface area (Å²) in [6, 6.07) is 16.6. The molecule has 0 aliphatic heterocycles. The van der Waals surface area contributed by atoms with E-state index in [4.69, 9.17) is 0 Å². The van der Waals surface area contributed by atoms with E-state index < -0.39 is 0 Å². The van der Waals surface area contributed by atoms with E-state index in [9.17, 15) is 9.59 Å². The number of hydrogen-bond donors (Lipinski definition) is 2. The number of fused-ring (bicyclic) bond motifs is 1. The van der Waals surface area contributed by atoms with E-state index in [1.807, 2.05) is 36.4 Å². The molecule has 0 aliphatic rings. The van der Waals surface area contributed by atoms with E-state index in [1.165, 1.54) is 18.7 Å². The van der Waals surface area contributed by atoms with Crippen LogP contribution in [0.25, 0.3) is 10.9 Å². The second-order valence-corrected chi connectivity index (χ2v) is 7.70. The number of rotatable bonds is 6. The monoisotopic (exact) mass is 429 g/mol. The Morgan fingerprint density at radius 1 is 0.903 bits per heavy atom. The van der Waals surface area contributed by atoms with Crippen molar-refractivity contribution >= 4 is 46.0 Å². The van der Waals surface area contributed by atoms with Crippen molar-refractivity contribution in [1.29, 1.82) is 0 Å². The number of nitrogens with zero attached hydrogens (tertiary/aromatic N) is 3. The van der Waals surface area contributed by atoms with Gasteiger partial charge in [-0.3, -0.25) is 14.6 Å². The smallest absolute Gasteiger partial charge is 0.258 e. The molecule has 0 atom stereocenters. The maximum atomic E-state index is 12.9. The second-order valence-electron chi connectivity index (χ2n) is 6.74. The third-order valence-electron chi connectivity index (χ3n) is 4.38. The molecule has 0 saturated heterocycles. The number of pyridine rings is 3. The van der Waals surface area contributed by atoms with Crippen molar-refractivity contribution < 1.29 is 9.59 Å². The van der Waals surface area contributed by atoms with E-state index in [0.29, 0.717) is 27.8 Å². The number of amides is 2. The summed E-state index contributed by atoms with van der Waals surface area (Å²) in [4.78, 5) is 37.0. The van der Waals surface area contributed by atoms with Gasteiger partial charge in [-0.15, -0.1) is 11.8 Å². The lowest BCUT2D eigenvalue weighted by Crippen LogP contribution is -2.13. The summed E-state index contributed by atoms with van der Waals surface area (Å²) in [7, 11) is 0. The van der Waals surface area contributed by atoms with E-state index in [-0.39, 0.29) is 11.8 Å². The molecule has 1 aromatic carbocycles. The summed E-state index contributed by atoms with van der Waals surface area (Å²) in [5, 5.41) is 7.19. The summed E-state index contributed by atoms with van der Waals surface area (Å²) in [6.07, 6.45) is 5.04. The van der Waals surface area contributed by atoms with Crippen molar-refractivity contribution in [1.82, 2.24) is 15.0 Å². The van der Waals surface area contributed by atoms with Crippen LogP contribution in [-0.4, -0.2) is 26.8 Å². The Balaban J connectivity index is 1.48. The molecule has 0 fully saturated rings. The Morgan fingerprint density at radius 3 is 2.61 bits per heavy atom. The highest BCUT2D eigenvalue weighted by Gasteiger charge is 2.14. The van der Waals surface area contributed by atoms with Crippen LogP contribution in [0.2, 0.25) is 0 Å². The third-order valence-corrected chi connectivity index (χ3v) is 5.46. The molecule has 2 N–H and O–H groups in total. The van der Waals surface area contributed by atoms with E-state index in [1.54, 1.807) is 36.8 Å². The standard InChI is InChI=1S/C23H19N5O2S/c1-15(29)27-21-12-16(8-11-25-21)14-31-23-19(5-3-10-26-23)22(30)28-18-6-7-20-17(13-18)4-2-9-24-20/h2-13H,14H2,1H3,(H,28,30)(H,25,27,29). The minimum atomic E-state index is -0.229. The molecule has 0 unspecified atom stereocenters. The molecular weight excluding hydrogens is 410 g/mol. The summed E-state index contributed by atoms with van der Waals surface area (Å²) < 4.78 is 0. The number of aromatic nitrogens is 3. The van der Waals surface area contributed by atoms with Crippen LogP contribution < -0.4 is 10.6 Å². The summed E-state index contributed by atoms with van der Waals surface area (Å²) >= 11 is 1.45. The molecule has 0 bridgehead atoms. The Morgan fingerprint density at radius 2 is 1.74 bits per heavy atom. The average molecular weight is 430 g/mol. The molecule has 8 heteroatoms. The van der Waals surface area contributed by atoms with Crippen molar-refractivity contribution in [2.75, 3.05) is 10.6 Å². The van der Waals surface area contributed by atoms with Crippen LogP contribution in [0, 0.1) is 0 Å². The van der Waals surface area contributed by atoms with Gasteiger partial charge in [-0.25, -0.2) is 9.97 Å². The lowest BCUT2D eigenvalue weighted by atomic mass is 10.2. The van der Waals surface area contributed by atoms with Gasteiger partial charge in [0.1, 0.15) is 10.8 Å². The molecular formula is C23H19N5O2S. The zero-order chi connectivity index (χ0) is 21.6. The fraction of sp³-hybridized carbons (Fsp3) is 0.0870. The lowest BCUT2D eigenvalue weighted by Gasteiger charge is -2.10. The van der Waals surface area contributed by atoms with Gasteiger partial charge in [0.2, 0.25) is 5.91 Å². The van der Waals surface area contributed by atoms with Gasteiger partial charge in [-0.1, -0.05) is 6.07 Å². The van der Waals surface area contributed by atoms with Gasteiger partial charge >= 0.3 is 0 Å². The number of hydrogen-bond acceptors (Lipinski definition) is 6. The first-order valence-corrected chi connectivity index (χ1v) is 10.5. The minimum Gasteiger partial charge on any atom is -0.322 e. The largest absolute Gasteiger partial charge is 0.322 e. The van der Waals surface area contributed by atoms with E-state index >= 15 is 0 Å². The molecule has 7 nitrogen and oxygen atoms in total. The summed E-state index contributed by atoms with van der Waals surface area (Å²) in [6.45, 7) is 1.44. The zero-order valence-electron chi connectivity index (χ0n) is 16.7. The first-order chi connectivity index (χ1) is 15.1. The number of benzene rings is 1. The van der Waals surface area contributed by atoms with Gasteiger partial charge in [-0.05, 0) is 54.1 Å². The van der Waals surface area contributed by atoms with Crippen molar-refractivity contribution in [3.8, 4) is 0 Å². The molecule has 0 saturated carbocycles. The molecule has 4 aromatic rings. The highest BCUT2D eigenvalue weighted by Crippen LogP contribution is 2.26. The summed E-state index contributed by atoms with van der Waals surface area (Å²) in [5.74, 6) is 0.668. The fourth-order valence-electron chi connectivity index (χ4n) is 2.99. The van der Waals surface area contributed by atoms with Crippen LogP contribution in [0.4, 0.5) is 11.5 Å².